The van der Waals surface area contributed by atoms with Gasteiger partial charge in [-0.2, -0.15) is 0 Å². The highest BCUT2D eigenvalue weighted by atomic mass is 16.5. The second-order valence-electron chi connectivity index (χ2n) is 9.11. The average Bonchev–Trinajstić information content (AvgIpc) is 2.86. The fraction of sp³-hybridized carbons (Fsp3) is 0.379. The first-order valence-electron chi connectivity index (χ1n) is 12.1. The molecule has 6 rings (SSSR count). The summed E-state index contributed by atoms with van der Waals surface area (Å²) in [4.78, 5) is 2.75. The maximum Gasteiger partial charge on any atom is 0.123 e. The molecule has 0 spiro atoms. The Bertz CT molecular complexity index is 943. The molecule has 0 amide bonds. The van der Waals surface area contributed by atoms with E-state index in [-0.39, 0.29) is 0 Å². The van der Waals surface area contributed by atoms with Crippen LogP contribution in [0.4, 0.5) is 0 Å². The quantitative estimate of drug-likeness (QED) is 0.517. The number of hydrogen-bond acceptors (Lipinski definition) is 3. The van der Waals surface area contributed by atoms with Gasteiger partial charge in [0.25, 0.3) is 0 Å². The molecular formula is C29H34N2O. The van der Waals surface area contributed by atoms with Gasteiger partial charge in [-0.05, 0) is 56.0 Å². The summed E-state index contributed by atoms with van der Waals surface area (Å²) in [6.07, 6.45) is 2.58. The molecule has 3 aromatic rings. The summed E-state index contributed by atoms with van der Waals surface area (Å²) in [6, 6.07) is 31.6. The van der Waals surface area contributed by atoms with E-state index in [4.69, 9.17) is 4.74 Å². The van der Waals surface area contributed by atoms with Gasteiger partial charge in [0.05, 0.1) is 6.61 Å². The summed E-state index contributed by atoms with van der Waals surface area (Å²) in [7, 11) is 0. The van der Waals surface area contributed by atoms with Crippen molar-refractivity contribution in [3.05, 3.63) is 102 Å². The van der Waals surface area contributed by atoms with Gasteiger partial charge < -0.3 is 10.1 Å². The number of nitrogens with zero attached hydrogens (tertiary/aromatic N) is 1. The number of ether oxygens (including phenoxy) is 1. The van der Waals surface area contributed by atoms with Gasteiger partial charge in [0.15, 0.2) is 0 Å². The number of benzene rings is 3. The molecule has 3 nitrogen and oxygen atoms in total. The molecule has 2 bridgehead atoms. The van der Waals surface area contributed by atoms with Gasteiger partial charge in [-0.1, -0.05) is 78.9 Å². The Kier molecular flexibility index (Phi) is 6.56. The molecule has 3 heterocycles. The Morgan fingerprint density at radius 2 is 1.44 bits per heavy atom. The zero-order chi connectivity index (χ0) is 21.8. The lowest BCUT2D eigenvalue weighted by Crippen LogP contribution is -2.64. The number of para-hydroxylation sites is 1. The molecule has 2 unspecified atom stereocenters. The minimum Gasteiger partial charge on any atom is -0.494 e. The summed E-state index contributed by atoms with van der Waals surface area (Å²) >= 11 is 0. The number of fused-ring (bicyclic) bond motifs is 3. The Balaban J connectivity index is 1.47. The van der Waals surface area contributed by atoms with E-state index in [1.54, 1.807) is 0 Å². The SMILES string of the molecule is CCOc1ccccc1CNC1C2CCN(CC2)C1C(c1ccccc1)c1ccccc1. The largest absolute Gasteiger partial charge is 0.494 e. The zero-order valence-electron chi connectivity index (χ0n) is 19.0. The van der Waals surface area contributed by atoms with Gasteiger partial charge in [-0.15, -0.1) is 0 Å². The lowest BCUT2D eigenvalue weighted by Gasteiger charge is -2.54. The molecule has 0 aliphatic carbocycles. The summed E-state index contributed by atoms with van der Waals surface area (Å²) in [5.41, 5.74) is 4.08. The van der Waals surface area contributed by atoms with Crippen molar-refractivity contribution in [1.29, 1.82) is 0 Å². The highest BCUT2D eigenvalue weighted by molar-refractivity contribution is 5.37. The predicted molar refractivity (Wildman–Crippen MR) is 131 cm³/mol. The molecule has 166 valence electrons. The monoisotopic (exact) mass is 426 g/mol. The van der Waals surface area contributed by atoms with Gasteiger partial charge in [0.1, 0.15) is 5.75 Å². The average molecular weight is 427 g/mol. The van der Waals surface area contributed by atoms with Gasteiger partial charge in [-0.3, -0.25) is 4.90 Å². The van der Waals surface area contributed by atoms with Crippen molar-refractivity contribution in [2.75, 3.05) is 19.7 Å². The Hall–Kier alpha value is -2.62. The van der Waals surface area contributed by atoms with Crippen LogP contribution in [-0.2, 0) is 6.54 Å². The van der Waals surface area contributed by atoms with E-state index in [0.717, 1.165) is 18.2 Å². The fourth-order valence-corrected chi connectivity index (χ4v) is 5.87. The van der Waals surface area contributed by atoms with E-state index >= 15 is 0 Å². The summed E-state index contributed by atoms with van der Waals surface area (Å²) in [5, 5.41) is 4.02. The highest BCUT2D eigenvalue weighted by Gasteiger charge is 2.46. The molecule has 32 heavy (non-hydrogen) atoms. The van der Waals surface area contributed by atoms with Crippen LogP contribution in [0.3, 0.4) is 0 Å². The smallest absolute Gasteiger partial charge is 0.123 e. The van der Waals surface area contributed by atoms with E-state index in [2.05, 4.69) is 102 Å². The summed E-state index contributed by atoms with van der Waals surface area (Å²) in [5.74, 6) is 2.09. The molecular weight excluding hydrogens is 392 g/mol. The van der Waals surface area contributed by atoms with Crippen LogP contribution < -0.4 is 10.1 Å². The second-order valence-corrected chi connectivity index (χ2v) is 9.11. The second kappa shape index (κ2) is 9.89. The minimum absolute atomic E-state index is 0.361. The molecule has 3 aliphatic rings. The number of nitrogens with one attached hydrogen (secondary N) is 1. The van der Waals surface area contributed by atoms with Crippen molar-refractivity contribution in [2.45, 2.75) is 44.3 Å². The first kappa shape index (κ1) is 21.2. The van der Waals surface area contributed by atoms with Crippen LogP contribution in [0, 0.1) is 5.92 Å². The van der Waals surface area contributed by atoms with Crippen LogP contribution in [-0.4, -0.2) is 36.7 Å². The molecule has 3 aromatic carbocycles. The molecule has 3 saturated heterocycles. The Morgan fingerprint density at radius 1 is 0.844 bits per heavy atom. The number of rotatable bonds is 8. The van der Waals surface area contributed by atoms with Crippen LogP contribution in [0.15, 0.2) is 84.9 Å². The van der Waals surface area contributed by atoms with Gasteiger partial charge >= 0.3 is 0 Å². The molecule has 0 radical (unpaired) electrons. The van der Waals surface area contributed by atoms with E-state index in [1.807, 2.05) is 0 Å². The van der Waals surface area contributed by atoms with Gasteiger partial charge in [0.2, 0.25) is 0 Å². The van der Waals surface area contributed by atoms with Gasteiger partial charge in [-0.25, -0.2) is 0 Å². The molecule has 1 N–H and O–H groups in total. The maximum absolute atomic E-state index is 5.90. The van der Waals surface area contributed by atoms with E-state index in [1.165, 1.54) is 42.6 Å². The normalized spacial score (nSPS) is 24.6. The first-order valence-corrected chi connectivity index (χ1v) is 12.1. The van der Waals surface area contributed by atoms with Crippen LogP contribution in [0.2, 0.25) is 0 Å². The van der Waals surface area contributed by atoms with E-state index in [0.29, 0.717) is 24.6 Å². The van der Waals surface area contributed by atoms with Crippen molar-refractivity contribution < 1.29 is 4.74 Å². The standard InChI is InChI=1S/C29H34N2O/c1-2-32-26-16-10-9-15-25(26)21-30-28-24-17-19-31(20-18-24)29(28)27(22-11-5-3-6-12-22)23-13-7-4-8-14-23/h3-16,24,27-30H,2,17-21H2,1H3. The molecule has 0 saturated carbocycles. The van der Waals surface area contributed by atoms with Crippen LogP contribution in [0.25, 0.3) is 0 Å². The Morgan fingerprint density at radius 3 is 2.06 bits per heavy atom. The third-order valence-corrected chi connectivity index (χ3v) is 7.33. The lowest BCUT2D eigenvalue weighted by molar-refractivity contribution is 0.00461. The van der Waals surface area contributed by atoms with Crippen LogP contribution >= 0.6 is 0 Å². The van der Waals surface area contributed by atoms with Crippen molar-refractivity contribution >= 4 is 0 Å². The number of hydrogen-bond donors (Lipinski definition) is 1. The molecule has 3 heteroatoms. The summed E-state index contributed by atoms with van der Waals surface area (Å²) < 4.78 is 5.90. The van der Waals surface area contributed by atoms with Crippen molar-refractivity contribution in [1.82, 2.24) is 10.2 Å². The predicted octanol–water partition coefficient (Wildman–Crippen LogP) is 5.47. The van der Waals surface area contributed by atoms with Crippen molar-refractivity contribution in [2.24, 2.45) is 5.92 Å². The van der Waals surface area contributed by atoms with E-state index < -0.39 is 0 Å². The maximum atomic E-state index is 5.90. The third-order valence-electron chi connectivity index (χ3n) is 7.33. The van der Waals surface area contributed by atoms with E-state index in [9.17, 15) is 0 Å². The lowest BCUT2D eigenvalue weighted by atomic mass is 9.70. The fourth-order valence-electron chi connectivity index (χ4n) is 5.87. The van der Waals surface area contributed by atoms with Crippen molar-refractivity contribution in [3.63, 3.8) is 0 Å². The topological polar surface area (TPSA) is 24.5 Å². The van der Waals surface area contributed by atoms with Crippen LogP contribution in [0.1, 0.15) is 42.4 Å². The highest BCUT2D eigenvalue weighted by Crippen LogP contribution is 2.42. The number of piperidine rings is 3. The third kappa shape index (κ3) is 4.32. The molecule has 2 atom stereocenters. The molecule has 3 fully saturated rings. The summed E-state index contributed by atoms with van der Waals surface area (Å²) in [6.45, 7) is 6.01. The molecule has 0 aromatic heterocycles. The van der Waals surface area contributed by atoms with Crippen molar-refractivity contribution in [3.8, 4) is 5.75 Å². The Labute approximate surface area is 192 Å². The zero-order valence-corrected chi connectivity index (χ0v) is 19.0. The van der Waals surface area contributed by atoms with Crippen LogP contribution in [0.5, 0.6) is 5.75 Å². The van der Waals surface area contributed by atoms with Gasteiger partial charge in [0, 0.05) is 30.1 Å². The molecule has 3 aliphatic heterocycles. The minimum atomic E-state index is 0.361. The first-order chi connectivity index (χ1) is 15.8.